The Bertz CT molecular complexity index is 3210. The van der Waals surface area contributed by atoms with Crippen molar-refractivity contribution >= 4 is 75.3 Å². The van der Waals surface area contributed by atoms with Gasteiger partial charge >= 0.3 is 0 Å². The van der Waals surface area contributed by atoms with Crippen LogP contribution in [0.15, 0.2) is 186 Å². The van der Waals surface area contributed by atoms with Crippen LogP contribution in [0, 0.1) is 0 Å². The lowest BCUT2D eigenvalue weighted by molar-refractivity contribution is 0.316. The number of para-hydroxylation sites is 4. The average molecular weight is 752 g/mol. The highest BCUT2D eigenvalue weighted by atomic mass is 32.1. The molecule has 0 saturated carbocycles. The molecule has 3 unspecified atom stereocenters. The van der Waals surface area contributed by atoms with Crippen LogP contribution in [0.3, 0.4) is 0 Å². The van der Waals surface area contributed by atoms with Crippen molar-refractivity contribution in [1.82, 2.24) is 15.2 Å². The number of hydrogen-bond acceptors (Lipinski definition) is 4. The normalized spacial score (nSPS) is 17.4. The number of thiophene rings is 1. The van der Waals surface area contributed by atoms with Gasteiger partial charge in [0.05, 0.1) is 22.9 Å². The van der Waals surface area contributed by atoms with Crippen LogP contribution < -0.4 is 10.6 Å². The first-order chi connectivity index (χ1) is 28.3. The van der Waals surface area contributed by atoms with Gasteiger partial charge in [0.15, 0.2) is 5.58 Å². The van der Waals surface area contributed by atoms with Gasteiger partial charge in [-0.1, -0.05) is 175 Å². The Morgan fingerprint density at radius 2 is 1.05 bits per heavy atom. The van der Waals surface area contributed by atoms with E-state index in [-0.39, 0.29) is 18.5 Å². The second-order valence-electron chi connectivity index (χ2n) is 14.9. The van der Waals surface area contributed by atoms with Crippen LogP contribution in [0.4, 0.5) is 0 Å². The van der Waals surface area contributed by atoms with Gasteiger partial charge in [0.1, 0.15) is 5.58 Å². The third kappa shape index (κ3) is 5.19. The second-order valence-corrected chi connectivity index (χ2v) is 16.0. The van der Waals surface area contributed by atoms with E-state index >= 15 is 0 Å². The summed E-state index contributed by atoms with van der Waals surface area (Å²) in [7, 11) is 0. The number of rotatable bonds is 5. The summed E-state index contributed by atoms with van der Waals surface area (Å²) < 4.78 is 11.9. The summed E-state index contributed by atoms with van der Waals surface area (Å²) in [6.45, 7) is 0. The van der Waals surface area contributed by atoms with Gasteiger partial charge < -0.3 is 24.9 Å². The van der Waals surface area contributed by atoms with Crippen LogP contribution in [0.2, 0.25) is 0 Å². The molecule has 0 bridgehead atoms. The molecular weight excluding hydrogens is 717 g/mol. The standard InChI is InChI=1S/C51H35N4OS/c1-3-14-31(15-4-1)49-52-50(32-16-5-2-6-17-32)54-51(53-49)33-28-29-40-45(30-33)57-44-27-13-20-36(46(40)44)37-21-11-22-38-39-23-12-26-43(48(39)56-47(37)38)55-41-24-9-7-18-34(41)35-19-8-10-25-42(35)55/h1-30,49-53H/q-1. The van der Waals surface area contributed by atoms with Crippen LogP contribution >= 0.6 is 11.3 Å². The smallest absolute Gasteiger partial charge is 0.159 e. The first-order valence-corrected chi connectivity index (χ1v) is 20.3. The van der Waals surface area contributed by atoms with Gasteiger partial charge in [-0.2, -0.15) is 0 Å². The minimum atomic E-state index is -0.191. The van der Waals surface area contributed by atoms with E-state index in [1.54, 1.807) is 0 Å². The van der Waals surface area contributed by atoms with E-state index in [0.29, 0.717) is 0 Å². The van der Waals surface area contributed by atoms with Crippen LogP contribution in [-0.4, -0.2) is 4.57 Å². The largest absolute Gasteiger partial charge is 0.624 e. The van der Waals surface area contributed by atoms with Crippen LogP contribution in [0.5, 0.6) is 0 Å². The maximum absolute atomic E-state index is 7.08. The topological polar surface area (TPSA) is 56.2 Å². The first kappa shape index (κ1) is 32.7. The Morgan fingerprint density at radius 3 is 1.81 bits per heavy atom. The van der Waals surface area contributed by atoms with Crippen molar-refractivity contribution in [3.05, 3.63) is 204 Å². The van der Waals surface area contributed by atoms with Gasteiger partial charge in [-0.3, -0.25) is 0 Å². The van der Waals surface area contributed by atoms with Gasteiger partial charge in [-0.15, -0.1) is 11.3 Å². The van der Waals surface area contributed by atoms with E-state index in [1.807, 2.05) is 11.3 Å². The third-order valence-corrected chi connectivity index (χ3v) is 12.8. The Labute approximate surface area is 332 Å². The van der Waals surface area contributed by atoms with Crippen LogP contribution in [-0.2, 0) is 0 Å². The van der Waals surface area contributed by atoms with Crippen molar-refractivity contribution in [2.24, 2.45) is 0 Å². The number of fused-ring (bicyclic) bond motifs is 9. The number of nitrogens with one attached hydrogen (secondary N) is 2. The van der Waals surface area contributed by atoms with Crippen molar-refractivity contribution in [3.8, 4) is 16.8 Å². The first-order valence-electron chi connectivity index (χ1n) is 19.5. The fourth-order valence-electron chi connectivity index (χ4n) is 9.05. The number of nitrogens with zero attached hydrogens (tertiary/aromatic N) is 2. The monoisotopic (exact) mass is 751 g/mol. The molecule has 5 nitrogen and oxygen atoms in total. The zero-order valence-corrected chi connectivity index (χ0v) is 31.6. The molecule has 1 aliphatic heterocycles. The Hall–Kier alpha value is -6.54. The predicted octanol–water partition coefficient (Wildman–Crippen LogP) is 13.7. The molecule has 11 aromatic rings. The lowest BCUT2D eigenvalue weighted by Crippen LogP contribution is -2.44. The molecule has 6 heteroatoms. The fraction of sp³-hybridized carbons (Fsp3) is 0.0588. The molecule has 1 saturated heterocycles. The highest BCUT2D eigenvalue weighted by molar-refractivity contribution is 7.26. The number of furan rings is 1. The lowest BCUT2D eigenvalue weighted by atomic mass is 9.97. The summed E-state index contributed by atoms with van der Waals surface area (Å²) in [5, 5.41) is 20.0. The molecule has 2 N–H and O–H groups in total. The summed E-state index contributed by atoms with van der Waals surface area (Å²) in [6, 6.07) is 65.0. The molecule has 57 heavy (non-hydrogen) atoms. The molecule has 8 aromatic carbocycles. The quantitative estimate of drug-likeness (QED) is 0.184. The van der Waals surface area contributed by atoms with E-state index in [9.17, 15) is 0 Å². The fourth-order valence-corrected chi connectivity index (χ4v) is 10.2. The van der Waals surface area contributed by atoms with Crippen molar-refractivity contribution in [2.45, 2.75) is 18.5 Å². The Balaban J connectivity index is 0.986. The highest BCUT2D eigenvalue weighted by Gasteiger charge is 2.24. The zero-order valence-electron chi connectivity index (χ0n) is 30.8. The highest BCUT2D eigenvalue weighted by Crippen LogP contribution is 2.46. The maximum atomic E-state index is 7.08. The van der Waals surface area contributed by atoms with Gasteiger partial charge in [-0.05, 0) is 41.5 Å². The number of benzene rings is 8. The molecular formula is C51H35N4OS-. The molecule has 0 amide bonds. The molecule has 4 heterocycles. The van der Waals surface area contributed by atoms with E-state index in [0.717, 1.165) is 44.3 Å². The van der Waals surface area contributed by atoms with E-state index in [4.69, 9.17) is 9.73 Å². The molecule has 0 aliphatic carbocycles. The summed E-state index contributed by atoms with van der Waals surface area (Å²) in [5.74, 6) is 0. The van der Waals surface area contributed by atoms with Gasteiger partial charge in [0, 0.05) is 47.3 Å². The minimum Gasteiger partial charge on any atom is -0.624 e. The summed E-state index contributed by atoms with van der Waals surface area (Å²) in [4.78, 5) is 0. The number of hydrogen-bond donors (Lipinski definition) is 2. The zero-order chi connectivity index (χ0) is 37.5. The molecule has 0 radical (unpaired) electrons. The van der Waals surface area contributed by atoms with Gasteiger partial charge in [0.25, 0.3) is 0 Å². The Morgan fingerprint density at radius 1 is 0.456 bits per heavy atom. The number of aromatic nitrogens is 1. The molecule has 3 atom stereocenters. The molecule has 1 aliphatic rings. The molecule has 1 fully saturated rings. The van der Waals surface area contributed by atoms with Gasteiger partial charge in [0.2, 0.25) is 0 Å². The predicted molar refractivity (Wildman–Crippen MR) is 237 cm³/mol. The Kier molecular flexibility index (Phi) is 7.46. The van der Waals surface area contributed by atoms with Crippen molar-refractivity contribution in [3.63, 3.8) is 0 Å². The summed E-state index contributed by atoms with van der Waals surface area (Å²) in [5.41, 5.74) is 10.9. The second kappa shape index (κ2) is 13.0. The van der Waals surface area contributed by atoms with Crippen molar-refractivity contribution in [2.75, 3.05) is 0 Å². The average Bonchev–Trinajstić information content (AvgIpc) is 3.96. The van der Waals surface area contributed by atoms with E-state index < -0.39 is 0 Å². The lowest BCUT2D eigenvalue weighted by Gasteiger charge is -2.50. The molecule has 272 valence electrons. The van der Waals surface area contributed by atoms with E-state index in [2.05, 4.69) is 197 Å². The maximum Gasteiger partial charge on any atom is 0.159 e. The third-order valence-electron chi connectivity index (χ3n) is 11.6. The van der Waals surface area contributed by atoms with Gasteiger partial charge in [-0.25, -0.2) is 0 Å². The van der Waals surface area contributed by atoms with Crippen molar-refractivity contribution < 1.29 is 4.42 Å². The van der Waals surface area contributed by atoms with Crippen molar-refractivity contribution in [1.29, 1.82) is 0 Å². The SMILES string of the molecule is c1ccc(C2[N-]C(c3ccc4c(c3)sc3cccc(-c5cccc6c5oc5c(-n7c8ccccc8c8ccccc87)cccc56)c34)NC(c3ccccc3)N2)cc1. The van der Waals surface area contributed by atoms with Crippen LogP contribution in [0.1, 0.15) is 35.2 Å². The summed E-state index contributed by atoms with van der Waals surface area (Å²) >= 11 is 1.84. The molecule has 0 spiro atoms. The molecule has 3 aromatic heterocycles. The summed E-state index contributed by atoms with van der Waals surface area (Å²) in [6.07, 6.45) is -0.390. The van der Waals surface area contributed by atoms with Crippen LogP contribution in [0.25, 0.3) is 86.0 Å². The van der Waals surface area contributed by atoms with E-state index in [1.165, 1.54) is 53.1 Å². The minimum absolute atomic E-state index is 0.0524. The molecule has 12 rings (SSSR count).